The van der Waals surface area contributed by atoms with Crippen LogP contribution in [0.25, 0.3) is 0 Å². The number of hydrogen-bond acceptors (Lipinski definition) is 6. The number of carbonyl (C=O) groups excluding carboxylic acids is 1. The average molecular weight is 366 g/mol. The van der Waals surface area contributed by atoms with E-state index in [4.69, 9.17) is 0 Å². The van der Waals surface area contributed by atoms with Gasteiger partial charge in [-0.05, 0) is 44.4 Å². The highest BCUT2D eigenvalue weighted by Crippen LogP contribution is 2.32. The zero-order valence-corrected chi connectivity index (χ0v) is 15.1. The first-order valence-electron chi connectivity index (χ1n) is 7.84. The van der Waals surface area contributed by atoms with Crippen molar-refractivity contribution < 1.29 is 9.18 Å². The summed E-state index contributed by atoms with van der Waals surface area (Å²) in [6.07, 6.45) is 2.37. The molecule has 2 N–H and O–H groups in total. The fraction of sp³-hybridized carbons (Fsp3) is 0.438. The van der Waals surface area contributed by atoms with Crippen molar-refractivity contribution in [3.05, 3.63) is 35.6 Å². The SMILES string of the molecule is C[C@H](Sc1nnc(NC2CC2)s1)C(=O)N[C@@H](C)c1ccc(F)cc1. The van der Waals surface area contributed by atoms with E-state index < -0.39 is 0 Å². The maximum absolute atomic E-state index is 13.0. The van der Waals surface area contributed by atoms with E-state index in [1.54, 1.807) is 12.1 Å². The van der Waals surface area contributed by atoms with Gasteiger partial charge in [0.15, 0.2) is 4.34 Å². The molecule has 1 saturated carbocycles. The van der Waals surface area contributed by atoms with Crippen molar-refractivity contribution in [2.75, 3.05) is 5.32 Å². The number of amides is 1. The number of benzene rings is 1. The third kappa shape index (κ3) is 4.67. The molecule has 128 valence electrons. The van der Waals surface area contributed by atoms with Gasteiger partial charge >= 0.3 is 0 Å². The number of aromatic nitrogens is 2. The number of carbonyl (C=O) groups is 1. The van der Waals surface area contributed by atoms with Gasteiger partial charge in [0.05, 0.1) is 11.3 Å². The maximum Gasteiger partial charge on any atom is 0.233 e. The zero-order valence-electron chi connectivity index (χ0n) is 13.5. The third-order valence-corrected chi connectivity index (χ3v) is 5.73. The van der Waals surface area contributed by atoms with Crippen molar-refractivity contribution in [1.29, 1.82) is 0 Å². The molecule has 1 aromatic carbocycles. The van der Waals surface area contributed by atoms with Crippen molar-refractivity contribution >= 4 is 34.1 Å². The van der Waals surface area contributed by atoms with Crippen LogP contribution in [-0.4, -0.2) is 27.4 Å². The minimum atomic E-state index is -0.284. The molecule has 0 bridgehead atoms. The number of anilines is 1. The predicted molar refractivity (Wildman–Crippen MR) is 94.8 cm³/mol. The predicted octanol–water partition coefficient (Wildman–Crippen LogP) is 3.61. The molecule has 0 saturated heterocycles. The molecule has 8 heteroatoms. The van der Waals surface area contributed by atoms with Crippen molar-refractivity contribution in [2.45, 2.75) is 48.4 Å². The molecule has 3 rings (SSSR count). The Hall–Kier alpha value is -1.67. The Balaban J connectivity index is 1.51. The Morgan fingerprint density at radius 1 is 1.29 bits per heavy atom. The Labute approximate surface area is 148 Å². The first-order valence-corrected chi connectivity index (χ1v) is 9.53. The Morgan fingerprint density at radius 3 is 2.67 bits per heavy atom. The highest BCUT2D eigenvalue weighted by Gasteiger charge is 2.23. The van der Waals surface area contributed by atoms with Crippen LogP contribution in [0.5, 0.6) is 0 Å². The molecule has 1 heterocycles. The number of rotatable bonds is 7. The van der Waals surface area contributed by atoms with Crippen LogP contribution in [-0.2, 0) is 4.79 Å². The Morgan fingerprint density at radius 2 is 2.00 bits per heavy atom. The summed E-state index contributed by atoms with van der Waals surface area (Å²) in [5.41, 5.74) is 0.869. The van der Waals surface area contributed by atoms with Crippen LogP contribution in [0, 0.1) is 5.82 Å². The van der Waals surface area contributed by atoms with Crippen LogP contribution in [0.15, 0.2) is 28.6 Å². The van der Waals surface area contributed by atoms with E-state index >= 15 is 0 Å². The lowest BCUT2D eigenvalue weighted by molar-refractivity contribution is -0.120. The lowest BCUT2D eigenvalue weighted by Gasteiger charge is -2.17. The topological polar surface area (TPSA) is 66.9 Å². The van der Waals surface area contributed by atoms with Crippen LogP contribution in [0.1, 0.15) is 38.3 Å². The number of thioether (sulfide) groups is 1. The van der Waals surface area contributed by atoms with Crippen LogP contribution < -0.4 is 10.6 Å². The van der Waals surface area contributed by atoms with Gasteiger partial charge in [-0.1, -0.05) is 35.2 Å². The number of halogens is 1. The van der Waals surface area contributed by atoms with Gasteiger partial charge in [-0.15, -0.1) is 10.2 Å². The van der Waals surface area contributed by atoms with Crippen molar-refractivity contribution in [2.24, 2.45) is 0 Å². The fourth-order valence-electron chi connectivity index (χ4n) is 2.09. The van der Waals surface area contributed by atoms with E-state index in [1.807, 2.05) is 13.8 Å². The van der Waals surface area contributed by atoms with Gasteiger partial charge < -0.3 is 10.6 Å². The van der Waals surface area contributed by atoms with Gasteiger partial charge in [0.1, 0.15) is 5.82 Å². The molecule has 1 aromatic heterocycles. The first-order chi connectivity index (χ1) is 11.5. The van der Waals surface area contributed by atoms with E-state index in [2.05, 4.69) is 20.8 Å². The van der Waals surface area contributed by atoms with Crippen molar-refractivity contribution in [3.8, 4) is 0 Å². The minimum Gasteiger partial charge on any atom is -0.357 e. The Kier molecular flexibility index (Phi) is 5.35. The summed E-state index contributed by atoms with van der Waals surface area (Å²) in [5, 5.41) is 15.0. The summed E-state index contributed by atoms with van der Waals surface area (Å²) < 4.78 is 13.7. The molecule has 1 aliphatic rings. The summed E-state index contributed by atoms with van der Waals surface area (Å²) in [6, 6.07) is 6.50. The second-order valence-electron chi connectivity index (χ2n) is 5.83. The van der Waals surface area contributed by atoms with Crippen LogP contribution in [0.2, 0.25) is 0 Å². The zero-order chi connectivity index (χ0) is 17.1. The molecule has 0 aliphatic heterocycles. The molecule has 1 fully saturated rings. The van der Waals surface area contributed by atoms with Gasteiger partial charge in [-0.2, -0.15) is 0 Å². The summed E-state index contributed by atoms with van der Waals surface area (Å²) in [7, 11) is 0. The van der Waals surface area contributed by atoms with Gasteiger partial charge in [0, 0.05) is 6.04 Å². The van der Waals surface area contributed by atoms with Crippen LogP contribution >= 0.6 is 23.1 Å². The molecule has 0 unspecified atom stereocenters. The van der Waals surface area contributed by atoms with Gasteiger partial charge in [0.2, 0.25) is 11.0 Å². The second kappa shape index (κ2) is 7.48. The molecule has 5 nitrogen and oxygen atoms in total. The normalized spacial score (nSPS) is 16.5. The van der Waals surface area contributed by atoms with E-state index in [0.29, 0.717) is 6.04 Å². The van der Waals surface area contributed by atoms with Crippen LogP contribution in [0.4, 0.5) is 9.52 Å². The van der Waals surface area contributed by atoms with Gasteiger partial charge in [-0.3, -0.25) is 4.79 Å². The number of nitrogens with zero attached hydrogens (tertiary/aromatic N) is 2. The van der Waals surface area contributed by atoms with E-state index in [-0.39, 0.29) is 23.0 Å². The maximum atomic E-state index is 13.0. The second-order valence-corrected chi connectivity index (χ2v) is 8.40. The molecule has 0 radical (unpaired) electrons. The van der Waals surface area contributed by atoms with Crippen LogP contribution in [0.3, 0.4) is 0 Å². The van der Waals surface area contributed by atoms with E-state index in [9.17, 15) is 9.18 Å². The monoisotopic (exact) mass is 366 g/mol. The summed E-state index contributed by atoms with van der Waals surface area (Å²) in [6.45, 7) is 3.72. The molecule has 1 aliphatic carbocycles. The molecular weight excluding hydrogens is 347 g/mol. The molecule has 24 heavy (non-hydrogen) atoms. The highest BCUT2D eigenvalue weighted by atomic mass is 32.2. The van der Waals surface area contributed by atoms with Gasteiger partial charge in [-0.25, -0.2) is 4.39 Å². The summed E-state index contributed by atoms with van der Waals surface area (Å²) in [4.78, 5) is 12.3. The fourth-order valence-corrected chi connectivity index (χ4v) is 4.07. The molecule has 2 atom stereocenters. The van der Waals surface area contributed by atoms with E-state index in [1.165, 1.54) is 48.1 Å². The lowest BCUT2D eigenvalue weighted by atomic mass is 10.1. The molecular formula is C16H19FN4OS2. The average Bonchev–Trinajstić information content (AvgIpc) is 3.26. The third-order valence-electron chi connectivity index (χ3n) is 3.69. The highest BCUT2D eigenvalue weighted by molar-refractivity contribution is 8.02. The molecule has 1 amide bonds. The van der Waals surface area contributed by atoms with Crippen molar-refractivity contribution in [1.82, 2.24) is 15.5 Å². The largest absolute Gasteiger partial charge is 0.357 e. The van der Waals surface area contributed by atoms with E-state index in [0.717, 1.165) is 15.0 Å². The number of hydrogen-bond donors (Lipinski definition) is 2. The Bertz CT molecular complexity index is 702. The minimum absolute atomic E-state index is 0.0799. The summed E-state index contributed by atoms with van der Waals surface area (Å²) in [5.74, 6) is -0.364. The van der Waals surface area contributed by atoms with Gasteiger partial charge in [0.25, 0.3) is 0 Å². The smallest absolute Gasteiger partial charge is 0.233 e. The number of nitrogens with one attached hydrogen (secondary N) is 2. The van der Waals surface area contributed by atoms with Crippen molar-refractivity contribution in [3.63, 3.8) is 0 Å². The summed E-state index contributed by atoms with van der Waals surface area (Å²) >= 11 is 2.86. The molecule has 0 spiro atoms. The quantitative estimate of drug-likeness (QED) is 0.733. The standard InChI is InChI=1S/C16H19FN4OS2/c1-9(11-3-5-12(17)6-4-11)18-14(22)10(2)23-16-21-20-15(24-16)19-13-7-8-13/h3-6,9-10,13H,7-8H2,1-2H3,(H,18,22)(H,19,20)/t9-,10-/m0/s1. The molecule has 2 aromatic rings. The first kappa shape index (κ1) is 17.2. The lowest BCUT2D eigenvalue weighted by Crippen LogP contribution is -2.33.